The van der Waals surface area contributed by atoms with Crippen LogP contribution in [0.5, 0.6) is 0 Å². The molecule has 4 aliphatic carbocycles. The molecule has 2 N–H and O–H groups in total. The molecule has 3 fully saturated rings. The molecule has 0 aromatic rings. The average molecular weight is 290 g/mol. The maximum absolute atomic E-state index is 10.4. The van der Waals surface area contributed by atoms with Crippen LogP contribution in [0.2, 0.25) is 0 Å². The molecule has 0 aromatic heterocycles. The van der Waals surface area contributed by atoms with Crippen molar-refractivity contribution in [3.05, 3.63) is 12.2 Å². The fourth-order valence-electron chi connectivity index (χ4n) is 6.59. The van der Waals surface area contributed by atoms with Crippen molar-refractivity contribution in [3.63, 3.8) is 0 Å². The standard InChI is InChI=1S/C19H30O2/c1-18-9-7-13(20)11-12(18)3-4-14-15-5-6-17(21)19(15,2)10-8-16(14)18/h8,10,12-17,20-21H,3-7,9,11H2,1-2H3/t12-,13-,14-,15-,16-,17-,18-,19-/m0/s1. The van der Waals surface area contributed by atoms with Crippen LogP contribution in [0.15, 0.2) is 12.2 Å². The van der Waals surface area contributed by atoms with E-state index in [1.165, 1.54) is 25.7 Å². The van der Waals surface area contributed by atoms with Crippen molar-refractivity contribution in [2.45, 2.75) is 71.0 Å². The van der Waals surface area contributed by atoms with E-state index in [0.717, 1.165) is 25.2 Å². The number of allylic oxidation sites excluding steroid dienone is 1. The number of hydrogen-bond donors (Lipinski definition) is 2. The Bertz CT molecular complexity index is 458. The van der Waals surface area contributed by atoms with E-state index in [-0.39, 0.29) is 17.6 Å². The van der Waals surface area contributed by atoms with Gasteiger partial charge in [0.2, 0.25) is 0 Å². The van der Waals surface area contributed by atoms with Crippen LogP contribution < -0.4 is 0 Å². The van der Waals surface area contributed by atoms with Gasteiger partial charge < -0.3 is 10.2 Å². The fraction of sp³-hybridized carbons (Fsp3) is 0.895. The molecule has 4 aliphatic rings. The Hall–Kier alpha value is -0.340. The smallest absolute Gasteiger partial charge is 0.0631 e. The van der Waals surface area contributed by atoms with Crippen molar-refractivity contribution in [1.82, 2.24) is 0 Å². The Morgan fingerprint density at radius 2 is 1.81 bits per heavy atom. The summed E-state index contributed by atoms with van der Waals surface area (Å²) in [4.78, 5) is 0. The molecule has 0 heterocycles. The Morgan fingerprint density at radius 1 is 1.00 bits per heavy atom. The number of aliphatic hydroxyl groups excluding tert-OH is 2. The molecule has 0 aromatic carbocycles. The Labute approximate surface area is 128 Å². The predicted octanol–water partition coefficient (Wildman–Crippen LogP) is 3.53. The summed E-state index contributed by atoms with van der Waals surface area (Å²) in [5.74, 6) is 2.80. The Balaban J connectivity index is 1.68. The maximum atomic E-state index is 10.4. The van der Waals surface area contributed by atoms with E-state index in [1.807, 2.05) is 0 Å². The van der Waals surface area contributed by atoms with Gasteiger partial charge in [0.05, 0.1) is 12.2 Å². The second-order valence-electron chi connectivity index (χ2n) is 8.82. The summed E-state index contributed by atoms with van der Waals surface area (Å²) in [5, 5.41) is 20.5. The quantitative estimate of drug-likeness (QED) is 0.670. The molecular weight excluding hydrogens is 260 g/mol. The zero-order chi connectivity index (χ0) is 14.8. The first kappa shape index (κ1) is 14.3. The lowest BCUT2D eigenvalue weighted by molar-refractivity contribution is -0.0849. The zero-order valence-corrected chi connectivity index (χ0v) is 13.5. The second kappa shape index (κ2) is 4.58. The molecule has 3 saturated carbocycles. The van der Waals surface area contributed by atoms with Crippen LogP contribution in [-0.2, 0) is 0 Å². The van der Waals surface area contributed by atoms with Gasteiger partial charge in [0, 0.05) is 5.41 Å². The van der Waals surface area contributed by atoms with Gasteiger partial charge in [-0.3, -0.25) is 0 Å². The van der Waals surface area contributed by atoms with Gasteiger partial charge in [-0.05, 0) is 74.0 Å². The third kappa shape index (κ3) is 1.84. The van der Waals surface area contributed by atoms with Gasteiger partial charge in [-0.15, -0.1) is 0 Å². The first-order chi connectivity index (χ1) is 9.95. The van der Waals surface area contributed by atoms with Crippen LogP contribution in [0.25, 0.3) is 0 Å². The Kier molecular flexibility index (Phi) is 3.11. The minimum absolute atomic E-state index is 0.0263. The lowest BCUT2D eigenvalue weighted by Gasteiger charge is -2.58. The summed E-state index contributed by atoms with van der Waals surface area (Å²) < 4.78 is 0. The normalized spacial score (nSPS) is 59.2. The van der Waals surface area contributed by atoms with E-state index in [9.17, 15) is 10.2 Å². The summed E-state index contributed by atoms with van der Waals surface area (Å²) in [6, 6.07) is 0. The highest BCUT2D eigenvalue weighted by molar-refractivity contribution is 5.20. The third-order valence-electron chi connectivity index (χ3n) is 8.02. The summed E-state index contributed by atoms with van der Waals surface area (Å²) in [7, 11) is 0. The topological polar surface area (TPSA) is 40.5 Å². The Morgan fingerprint density at radius 3 is 2.62 bits per heavy atom. The molecule has 0 spiro atoms. The highest BCUT2D eigenvalue weighted by Crippen LogP contribution is 2.63. The van der Waals surface area contributed by atoms with E-state index in [2.05, 4.69) is 26.0 Å². The number of hydrogen-bond acceptors (Lipinski definition) is 2. The molecule has 0 bridgehead atoms. The van der Waals surface area contributed by atoms with E-state index in [0.29, 0.717) is 23.2 Å². The predicted molar refractivity (Wildman–Crippen MR) is 83.6 cm³/mol. The molecular formula is C19H30O2. The van der Waals surface area contributed by atoms with Gasteiger partial charge in [0.25, 0.3) is 0 Å². The lowest BCUT2D eigenvalue weighted by Crippen LogP contribution is -2.52. The molecule has 0 radical (unpaired) electrons. The minimum atomic E-state index is -0.140. The molecule has 2 nitrogen and oxygen atoms in total. The number of fused-ring (bicyclic) bond motifs is 5. The molecule has 4 rings (SSSR count). The molecule has 0 saturated heterocycles. The van der Waals surface area contributed by atoms with Crippen molar-refractivity contribution in [2.24, 2.45) is 34.5 Å². The second-order valence-corrected chi connectivity index (χ2v) is 8.82. The highest BCUT2D eigenvalue weighted by Gasteiger charge is 2.58. The molecule has 118 valence electrons. The van der Waals surface area contributed by atoms with Crippen LogP contribution >= 0.6 is 0 Å². The molecule has 2 heteroatoms. The molecule has 0 amide bonds. The van der Waals surface area contributed by atoms with Gasteiger partial charge in [0.15, 0.2) is 0 Å². The van der Waals surface area contributed by atoms with Crippen molar-refractivity contribution < 1.29 is 10.2 Å². The van der Waals surface area contributed by atoms with Gasteiger partial charge in [0.1, 0.15) is 0 Å². The maximum Gasteiger partial charge on any atom is 0.0631 e. The monoisotopic (exact) mass is 290 g/mol. The highest BCUT2D eigenvalue weighted by atomic mass is 16.3. The van der Waals surface area contributed by atoms with Crippen LogP contribution in [0.1, 0.15) is 58.8 Å². The average Bonchev–Trinajstić information content (AvgIpc) is 2.76. The fourth-order valence-corrected chi connectivity index (χ4v) is 6.59. The first-order valence-electron chi connectivity index (χ1n) is 9.00. The molecule has 8 atom stereocenters. The summed E-state index contributed by atoms with van der Waals surface area (Å²) >= 11 is 0. The van der Waals surface area contributed by atoms with Crippen molar-refractivity contribution in [1.29, 1.82) is 0 Å². The van der Waals surface area contributed by atoms with Crippen LogP contribution in [0.3, 0.4) is 0 Å². The van der Waals surface area contributed by atoms with Crippen LogP contribution in [-0.4, -0.2) is 22.4 Å². The van der Waals surface area contributed by atoms with Gasteiger partial charge in [-0.25, -0.2) is 0 Å². The SMILES string of the molecule is C[C@]12C=C[C@H]3[C@@H](CC[C@H]4C[C@@H](O)CC[C@@]43C)[C@@H]1CC[C@@H]2O. The summed E-state index contributed by atoms with van der Waals surface area (Å²) in [5.41, 5.74) is 0.409. The van der Waals surface area contributed by atoms with E-state index < -0.39 is 0 Å². The third-order valence-corrected chi connectivity index (χ3v) is 8.02. The van der Waals surface area contributed by atoms with Crippen LogP contribution in [0.4, 0.5) is 0 Å². The largest absolute Gasteiger partial charge is 0.393 e. The van der Waals surface area contributed by atoms with E-state index in [4.69, 9.17) is 0 Å². The van der Waals surface area contributed by atoms with Gasteiger partial charge in [-0.1, -0.05) is 26.0 Å². The lowest BCUT2D eigenvalue weighted by atomic mass is 9.47. The van der Waals surface area contributed by atoms with E-state index >= 15 is 0 Å². The van der Waals surface area contributed by atoms with Crippen molar-refractivity contribution in [3.8, 4) is 0 Å². The van der Waals surface area contributed by atoms with Crippen LogP contribution in [0, 0.1) is 34.5 Å². The summed E-state index contributed by atoms with van der Waals surface area (Å²) in [6.45, 7) is 4.76. The number of aliphatic hydroxyl groups is 2. The molecule has 21 heavy (non-hydrogen) atoms. The summed E-state index contributed by atoms with van der Waals surface area (Å²) in [6.07, 6.45) is 12.6. The van der Waals surface area contributed by atoms with Gasteiger partial charge >= 0.3 is 0 Å². The molecule has 0 unspecified atom stereocenters. The first-order valence-corrected chi connectivity index (χ1v) is 9.00. The minimum Gasteiger partial charge on any atom is -0.393 e. The molecule has 0 aliphatic heterocycles. The zero-order valence-electron chi connectivity index (χ0n) is 13.5. The van der Waals surface area contributed by atoms with E-state index in [1.54, 1.807) is 0 Å². The van der Waals surface area contributed by atoms with Crippen molar-refractivity contribution in [2.75, 3.05) is 0 Å². The van der Waals surface area contributed by atoms with Gasteiger partial charge in [-0.2, -0.15) is 0 Å². The van der Waals surface area contributed by atoms with Crippen molar-refractivity contribution >= 4 is 0 Å². The number of rotatable bonds is 0.